The Labute approximate surface area is 109 Å². The molecule has 4 nitrogen and oxygen atoms in total. The number of rotatable bonds is 1. The highest BCUT2D eigenvalue weighted by molar-refractivity contribution is 5.87. The molecule has 1 aliphatic carbocycles. The van der Waals surface area contributed by atoms with Gasteiger partial charge >= 0.3 is 0 Å². The third-order valence-electron chi connectivity index (χ3n) is 4.30. The zero-order chi connectivity index (χ0) is 13.2. The average molecular weight is 250 g/mol. The Morgan fingerprint density at radius 1 is 1.17 bits per heavy atom. The summed E-state index contributed by atoms with van der Waals surface area (Å²) in [6.07, 6.45) is 6.96. The third-order valence-corrected chi connectivity index (χ3v) is 4.30. The molecule has 1 spiro atoms. The van der Waals surface area contributed by atoms with E-state index in [-0.39, 0.29) is 17.4 Å². The van der Waals surface area contributed by atoms with E-state index in [0.717, 1.165) is 25.7 Å². The minimum atomic E-state index is -0.110. The lowest BCUT2D eigenvalue weighted by Gasteiger charge is -2.52. The highest BCUT2D eigenvalue weighted by atomic mass is 16.2. The van der Waals surface area contributed by atoms with Crippen LogP contribution in [0.15, 0.2) is 12.7 Å². The SMILES string of the molecule is C=CC(=O)N1CCN(C(C)=O)C2(CCCCC2)C1. The van der Waals surface area contributed by atoms with Crippen molar-refractivity contribution in [3.05, 3.63) is 12.7 Å². The summed E-state index contributed by atoms with van der Waals surface area (Å²) in [5, 5.41) is 0. The van der Waals surface area contributed by atoms with Gasteiger partial charge in [0.05, 0.1) is 5.54 Å². The van der Waals surface area contributed by atoms with Crippen LogP contribution >= 0.6 is 0 Å². The first-order valence-electron chi connectivity index (χ1n) is 6.79. The highest BCUT2D eigenvalue weighted by Gasteiger charge is 2.44. The van der Waals surface area contributed by atoms with Crippen molar-refractivity contribution in [2.75, 3.05) is 19.6 Å². The summed E-state index contributed by atoms with van der Waals surface area (Å²) in [6.45, 7) is 7.16. The molecular weight excluding hydrogens is 228 g/mol. The molecule has 0 aromatic heterocycles. The van der Waals surface area contributed by atoms with Crippen molar-refractivity contribution in [2.45, 2.75) is 44.6 Å². The minimum Gasteiger partial charge on any atom is -0.335 e. The Bertz CT molecular complexity index is 359. The van der Waals surface area contributed by atoms with Crippen LogP contribution in [0.3, 0.4) is 0 Å². The third kappa shape index (κ3) is 2.28. The number of carbonyl (C=O) groups excluding carboxylic acids is 2. The van der Waals surface area contributed by atoms with Crippen molar-refractivity contribution >= 4 is 11.8 Å². The maximum atomic E-state index is 11.8. The summed E-state index contributed by atoms with van der Waals surface area (Å²) in [5.74, 6) is 0.130. The van der Waals surface area contributed by atoms with Crippen molar-refractivity contribution in [3.63, 3.8) is 0 Å². The smallest absolute Gasteiger partial charge is 0.246 e. The molecular formula is C14H22N2O2. The van der Waals surface area contributed by atoms with Crippen molar-refractivity contribution in [1.29, 1.82) is 0 Å². The lowest BCUT2D eigenvalue weighted by atomic mass is 9.78. The molecule has 1 heterocycles. The zero-order valence-electron chi connectivity index (χ0n) is 11.2. The minimum absolute atomic E-state index is 0.0110. The van der Waals surface area contributed by atoms with E-state index in [4.69, 9.17) is 0 Å². The number of carbonyl (C=O) groups is 2. The lowest BCUT2D eigenvalue weighted by Crippen LogP contribution is -2.64. The molecule has 2 aliphatic rings. The van der Waals surface area contributed by atoms with Gasteiger partial charge in [0.25, 0.3) is 0 Å². The molecule has 0 radical (unpaired) electrons. The maximum Gasteiger partial charge on any atom is 0.246 e. The maximum absolute atomic E-state index is 11.8. The van der Waals surface area contributed by atoms with Crippen LogP contribution in [0.1, 0.15) is 39.0 Å². The topological polar surface area (TPSA) is 40.6 Å². The molecule has 2 fully saturated rings. The van der Waals surface area contributed by atoms with Gasteiger partial charge in [-0.15, -0.1) is 0 Å². The van der Waals surface area contributed by atoms with E-state index in [1.807, 2.05) is 9.80 Å². The van der Waals surface area contributed by atoms with Crippen LogP contribution in [0, 0.1) is 0 Å². The Morgan fingerprint density at radius 3 is 2.39 bits per heavy atom. The van der Waals surface area contributed by atoms with Crippen molar-refractivity contribution in [3.8, 4) is 0 Å². The molecule has 18 heavy (non-hydrogen) atoms. The fourth-order valence-corrected chi connectivity index (χ4v) is 3.42. The second-order valence-electron chi connectivity index (χ2n) is 5.42. The number of piperazine rings is 1. The van der Waals surface area contributed by atoms with E-state index >= 15 is 0 Å². The number of nitrogens with zero attached hydrogens (tertiary/aromatic N) is 2. The largest absolute Gasteiger partial charge is 0.335 e. The fraction of sp³-hybridized carbons (Fsp3) is 0.714. The zero-order valence-corrected chi connectivity index (χ0v) is 11.2. The first kappa shape index (κ1) is 13.1. The van der Waals surface area contributed by atoms with Gasteiger partial charge in [0.2, 0.25) is 11.8 Å². The summed E-state index contributed by atoms with van der Waals surface area (Å²) < 4.78 is 0. The van der Waals surface area contributed by atoms with Gasteiger partial charge in [0.15, 0.2) is 0 Å². The Kier molecular flexibility index (Phi) is 3.73. The number of hydrogen-bond donors (Lipinski definition) is 0. The van der Waals surface area contributed by atoms with Crippen LogP contribution in [0.5, 0.6) is 0 Å². The summed E-state index contributed by atoms with van der Waals surface area (Å²) in [7, 11) is 0. The van der Waals surface area contributed by atoms with Crippen molar-refractivity contribution < 1.29 is 9.59 Å². The molecule has 2 rings (SSSR count). The van der Waals surface area contributed by atoms with Gasteiger partial charge in [-0.1, -0.05) is 25.8 Å². The quantitative estimate of drug-likeness (QED) is 0.663. The van der Waals surface area contributed by atoms with Crippen LogP contribution in [-0.2, 0) is 9.59 Å². The van der Waals surface area contributed by atoms with Crippen molar-refractivity contribution in [1.82, 2.24) is 9.80 Å². The highest BCUT2D eigenvalue weighted by Crippen LogP contribution is 2.36. The molecule has 0 atom stereocenters. The Hall–Kier alpha value is -1.32. The van der Waals surface area contributed by atoms with Gasteiger partial charge < -0.3 is 9.80 Å². The molecule has 100 valence electrons. The summed E-state index contributed by atoms with van der Waals surface area (Å²) in [4.78, 5) is 27.4. The van der Waals surface area contributed by atoms with Gasteiger partial charge in [-0.3, -0.25) is 9.59 Å². The molecule has 1 aliphatic heterocycles. The molecule has 1 saturated carbocycles. The van der Waals surface area contributed by atoms with E-state index in [1.165, 1.54) is 12.5 Å². The van der Waals surface area contributed by atoms with Crippen LogP contribution in [0.4, 0.5) is 0 Å². The second-order valence-corrected chi connectivity index (χ2v) is 5.42. The normalized spacial score (nSPS) is 22.9. The predicted octanol–water partition coefficient (Wildman–Crippen LogP) is 1.57. The van der Waals surface area contributed by atoms with E-state index in [1.54, 1.807) is 6.92 Å². The molecule has 1 saturated heterocycles. The van der Waals surface area contributed by atoms with E-state index < -0.39 is 0 Å². The van der Waals surface area contributed by atoms with Crippen LogP contribution in [0.25, 0.3) is 0 Å². The summed E-state index contributed by atoms with van der Waals surface area (Å²) in [6, 6.07) is 0. The Balaban J connectivity index is 2.20. The van der Waals surface area contributed by atoms with Gasteiger partial charge in [-0.25, -0.2) is 0 Å². The lowest BCUT2D eigenvalue weighted by molar-refractivity contribution is -0.148. The van der Waals surface area contributed by atoms with E-state index in [9.17, 15) is 9.59 Å². The first-order chi connectivity index (χ1) is 8.59. The first-order valence-corrected chi connectivity index (χ1v) is 6.79. The summed E-state index contributed by atoms with van der Waals surface area (Å²) in [5.41, 5.74) is -0.110. The monoisotopic (exact) mass is 250 g/mol. The average Bonchev–Trinajstić information content (AvgIpc) is 2.38. The fourth-order valence-electron chi connectivity index (χ4n) is 3.42. The van der Waals surface area contributed by atoms with Gasteiger partial charge in [0, 0.05) is 26.6 Å². The van der Waals surface area contributed by atoms with E-state index in [2.05, 4.69) is 6.58 Å². The molecule has 4 heteroatoms. The van der Waals surface area contributed by atoms with Crippen LogP contribution < -0.4 is 0 Å². The second kappa shape index (κ2) is 5.12. The van der Waals surface area contributed by atoms with Crippen LogP contribution in [-0.4, -0.2) is 46.8 Å². The van der Waals surface area contributed by atoms with Crippen molar-refractivity contribution in [2.24, 2.45) is 0 Å². The molecule has 0 unspecified atom stereocenters. The molecule has 2 amide bonds. The molecule has 0 bridgehead atoms. The van der Waals surface area contributed by atoms with E-state index in [0.29, 0.717) is 19.6 Å². The molecule has 0 aromatic carbocycles. The van der Waals surface area contributed by atoms with Crippen LogP contribution in [0.2, 0.25) is 0 Å². The van der Waals surface area contributed by atoms with Gasteiger partial charge in [-0.05, 0) is 18.9 Å². The Morgan fingerprint density at radius 2 is 1.83 bits per heavy atom. The molecule has 0 N–H and O–H groups in total. The van der Waals surface area contributed by atoms with Gasteiger partial charge in [-0.2, -0.15) is 0 Å². The number of amides is 2. The number of hydrogen-bond acceptors (Lipinski definition) is 2. The molecule has 0 aromatic rings. The standard InChI is InChI=1S/C14H22N2O2/c1-3-13(18)15-9-10-16(12(2)17)14(11-15)7-5-4-6-8-14/h3H,1,4-11H2,2H3. The predicted molar refractivity (Wildman–Crippen MR) is 70.0 cm³/mol. The summed E-state index contributed by atoms with van der Waals surface area (Å²) >= 11 is 0. The van der Waals surface area contributed by atoms with Gasteiger partial charge in [0.1, 0.15) is 0 Å².